The molecule has 0 saturated carbocycles. The first-order valence-electron chi connectivity index (χ1n) is 6.13. The highest BCUT2D eigenvalue weighted by Crippen LogP contribution is 2.13. The zero-order valence-electron chi connectivity index (χ0n) is 11.8. The van der Waals surface area contributed by atoms with E-state index in [1.54, 1.807) is 30.5 Å². The first-order chi connectivity index (χ1) is 8.91. The van der Waals surface area contributed by atoms with Gasteiger partial charge in [0, 0.05) is 5.41 Å². The second kappa shape index (κ2) is 6.72. The average Bonchev–Trinajstić information content (AvgIpc) is 2.37. The van der Waals surface area contributed by atoms with Crippen LogP contribution in [0.1, 0.15) is 38.1 Å². The van der Waals surface area contributed by atoms with Crippen molar-refractivity contribution in [3.05, 3.63) is 53.3 Å². The number of benzene rings is 1. The van der Waals surface area contributed by atoms with Gasteiger partial charge in [0.05, 0.1) is 11.8 Å². The van der Waals surface area contributed by atoms with Crippen LogP contribution in [0.3, 0.4) is 0 Å². The van der Waals surface area contributed by atoms with Gasteiger partial charge in [0.15, 0.2) is 0 Å². The lowest BCUT2D eigenvalue weighted by molar-refractivity contribution is 0.0516. The molecule has 1 rings (SSSR count). The maximum absolute atomic E-state index is 11.6. The molecule has 0 aliphatic heterocycles. The third-order valence-electron chi connectivity index (χ3n) is 2.26. The standard InChI is InChI=1S/C16H19NO2/c1-13(2)10-11-16(3,4)12-17-19-15(18)14-8-6-5-7-9-14/h5-9,11-12H,1-4H3/b17-12+. The van der Waals surface area contributed by atoms with Crippen LogP contribution < -0.4 is 0 Å². The van der Waals surface area contributed by atoms with E-state index in [4.69, 9.17) is 4.84 Å². The van der Waals surface area contributed by atoms with Crippen molar-refractivity contribution >= 4 is 12.2 Å². The van der Waals surface area contributed by atoms with Crippen LogP contribution in [-0.4, -0.2) is 12.2 Å². The summed E-state index contributed by atoms with van der Waals surface area (Å²) in [5.41, 5.74) is 4.37. The van der Waals surface area contributed by atoms with Gasteiger partial charge in [0.25, 0.3) is 0 Å². The molecular formula is C16H19NO2. The number of hydrogen-bond donors (Lipinski definition) is 0. The molecule has 0 heterocycles. The summed E-state index contributed by atoms with van der Waals surface area (Å²) >= 11 is 0. The minimum absolute atomic E-state index is 0.311. The second-order valence-electron chi connectivity index (χ2n) is 5.09. The number of carbonyl (C=O) groups is 1. The Labute approximate surface area is 114 Å². The molecule has 100 valence electrons. The van der Waals surface area contributed by atoms with E-state index in [0.717, 1.165) is 5.57 Å². The highest BCUT2D eigenvalue weighted by molar-refractivity contribution is 5.89. The Morgan fingerprint density at radius 3 is 2.47 bits per heavy atom. The van der Waals surface area contributed by atoms with Crippen molar-refractivity contribution in [2.24, 2.45) is 10.6 Å². The first-order valence-corrected chi connectivity index (χ1v) is 6.13. The van der Waals surface area contributed by atoms with Crippen molar-refractivity contribution in [3.63, 3.8) is 0 Å². The van der Waals surface area contributed by atoms with E-state index in [9.17, 15) is 4.79 Å². The molecule has 0 fully saturated rings. The molecule has 0 amide bonds. The molecule has 0 radical (unpaired) electrons. The molecular weight excluding hydrogens is 238 g/mol. The second-order valence-corrected chi connectivity index (χ2v) is 5.09. The maximum Gasteiger partial charge on any atom is 0.365 e. The van der Waals surface area contributed by atoms with Gasteiger partial charge in [-0.2, -0.15) is 0 Å². The van der Waals surface area contributed by atoms with Gasteiger partial charge in [-0.3, -0.25) is 0 Å². The largest absolute Gasteiger partial charge is 0.365 e. The number of hydrogen-bond acceptors (Lipinski definition) is 3. The molecule has 3 heteroatoms. The monoisotopic (exact) mass is 257 g/mol. The fourth-order valence-corrected chi connectivity index (χ4v) is 1.20. The summed E-state index contributed by atoms with van der Waals surface area (Å²) in [4.78, 5) is 16.5. The SMILES string of the molecule is CC(C)=C=CC(C)(C)/C=N/OC(=O)c1ccccc1. The lowest BCUT2D eigenvalue weighted by Crippen LogP contribution is -2.10. The highest BCUT2D eigenvalue weighted by Gasteiger charge is 2.11. The van der Waals surface area contributed by atoms with Crippen molar-refractivity contribution in [1.82, 2.24) is 0 Å². The van der Waals surface area contributed by atoms with Gasteiger partial charge in [-0.1, -0.05) is 37.2 Å². The molecule has 0 aromatic heterocycles. The van der Waals surface area contributed by atoms with E-state index < -0.39 is 5.97 Å². The average molecular weight is 257 g/mol. The molecule has 0 saturated heterocycles. The number of carbonyl (C=O) groups excluding carboxylic acids is 1. The Kier molecular flexibility index (Phi) is 5.28. The molecule has 0 bridgehead atoms. The minimum atomic E-state index is -0.459. The minimum Gasteiger partial charge on any atom is -0.313 e. The van der Waals surface area contributed by atoms with Crippen molar-refractivity contribution < 1.29 is 9.63 Å². The van der Waals surface area contributed by atoms with Crippen LogP contribution in [0.15, 0.2) is 52.9 Å². The van der Waals surface area contributed by atoms with Gasteiger partial charge in [-0.25, -0.2) is 4.79 Å². The van der Waals surface area contributed by atoms with Crippen LogP contribution >= 0.6 is 0 Å². The van der Waals surface area contributed by atoms with Crippen LogP contribution in [0, 0.1) is 5.41 Å². The zero-order chi connectivity index (χ0) is 14.3. The van der Waals surface area contributed by atoms with Crippen molar-refractivity contribution in [3.8, 4) is 0 Å². The van der Waals surface area contributed by atoms with E-state index in [0.29, 0.717) is 5.56 Å². The number of nitrogens with zero attached hydrogens (tertiary/aromatic N) is 1. The van der Waals surface area contributed by atoms with Gasteiger partial charge in [0.1, 0.15) is 0 Å². The Bertz CT molecular complexity index is 517. The third-order valence-corrected chi connectivity index (χ3v) is 2.26. The molecule has 0 aliphatic carbocycles. The molecule has 1 aromatic rings. The van der Waals surface area contributed by atoms with Gasteiger partial charge < -0.3 is 4.84 Å². The van der Waals surface area contributed by atoms with Crippen LogP contribution in [-0.2, 0) is 4.84 Å². The van der Waals surface area contributed by atoms with Crippen molar-refractivity contribution in [1.29, 1.82) is 0 Å². The maximum atomic E-state index is 11.6. The molecule has 3 nitrogen and oxygen atoms in total. The van der Waals surface area contributed by atoms with E-state index in [-0.39, 0.29) is 5.41 Å². The van der Waals surface area contributed by atoms with E-state index >= 15 is 0 Å². The molecule has 0 aliphatic rings. The van der Waals surface area contributed by atoms with Gasteiger partial charge >= 0.3 is 5.97 Å². The molecule has 0 N–H and O–H groups in total. The van der Waals surface area contributed by atoms with E-state index in [2.05, 4.69) is 10.9 Å². The van der Waals surface area contributed by atoms with Gasteiger partial charge in [-0.15, -0.1) is 5.73 Å². The van der Waals surface area contributed by atoms with Gasteiger partial charge in [-0.05, 0) is 37.6 Å². The van der Waals surface area contributed by atoms with Crippen LogP contribution in [0.5, 0.6) is 0 Å². The van der Waals surface area contributed by atoms with E-state index in [1.807, 2.05) is 39.8 Å². The predicted molar refractivity (Wildman–Crippen MR) is 77.1 cm³/mol. The summed E-state index contributed by atoms with van der Waals surface area (Å²) in [6, 6.07) is 8.77. The Morgan fingerprint density at radius 2 is 1.89 bits per heavy atom. The zero-order valence-corrected chi connectivity index (χ0v) is 11.8. The fourth-order valence-electron chi connectivity index (χ4n) is 1.20. The Hall–Kier alpha value is -2.12. The Balaban J connectivity index is 2.64. The van der Waals surface area contributed by atoms with Crippen LogP contribution in [0.25, 0.3) is 0 Å². The highest BCUT2D eigenvalue weighted by atomic mass is 16.7. The van der Waals surface area contributed by atoms with Crippen LogP contribution in [0.4, 0.5) is 0 Å². The topological polar surface area (TPSA) is 38.7 Å². The fraction of sp³-hybridized carbons (Fsp3) is 0.312. The quantitative estimate of drug-likeness (QED) is 0.354. The van der Waals surface area contributed by atoms with Crippen molar-refractivity contribution in [2.75, 3.05) is 0 Å². The van der Waals surface area contributed by atoms with Crippen LogP contribution in [0.2, 0.25) is 0 Å². The Morgan fingerprint density at radius 1 is 1.26 bits per heavy atom. The summed E-state index contributed by atoms with van der Waals surface area (Å²) in [5.74, 6) is -0.459. The van der Waals surface area contributed by atoms with E-state index in [1.165, 1.54) is 0 Å². The molecule has 0 unspecified atom stereocenters. The summed E-state index contributed by atoms with van der Waals surface area (Å²) in [6.07, 6.45) is 3.48. The predicted octanol–water partition coefficient (Wildman–Crippen LogP) is 3.98. The molecule has 0 atom stereocenters. The van der Waals surface area contributed by atoms with Crippen molar-refractivity contribution in [2.45, 2.75) is 27.7 Å². The summed E-state index contributed by atoms with van der Waals surface area (Å²) in [6.45, 7) is 7.86. The lowest BCUT2D eigenvalue weighted by atomic mass is 9.95. The number of oxime groups is 1. The number of rotatable bonds is 4. The summed E-state index contributed by atoms with van der Waals surface area (Å²) < 4.78 is 0. The smallest absolute Gasteiger partial charge is 0.313 e. The molecule has 19 heavy (non-hydrogen) atoms. The molecule has 1 aromatic carbocycles. The molecule has 0 spiro atoms. The summed E-state index contributed by atoms with van der Waals surface area (Å²) in [7, 11) is 0. The lowest BCUT2D eigenvalue weighted by Gasteiger charge is -2.10. The number of allylic oxidation sites excluding steroid dienone is 1. The summed E-state index contributed by atoms with van der Waals surface area (Å²) in [5, 5.41) is 3.74. The normalized spacial score (nSPS) is 10.9. The van der Waals surface area contributed by atoms with Gasteiger partial charge in [0.2, 0.25) is 0 Å². The third kappa shape index (κ3) is 5.84. The first kappa shape index (κ1) is 14.9.